The molecule has 1 aliphatic carbocycles. The van der Waals surface area contributed by atoms with Crippen molar-refractivity contribution < 1.29 is 44.3 Å². The van der Waals surface area contributed by atoms with Crippen molar-refractivity contribution in [2.75, 3.05) is 11.4 Å². The van der Waals surface area contributed by atoms with E-state index in [1.54, 1.807) is 12.3 Å². The van der Waals surface area contributed by atoms with Crippen molar-refractivity contribution in [3.05, 3.63) is 87.7 Å². The predicted octanol–water partition coefficient (Wildman–Crippen LogP) is 5.20. The molecule has 238 valence electrons. The van der Waals surface area contributed by atoms with Gasteiger partial charge in [-0.1, -0.05) is 25.3 Å². The highest BCUT2D eigenvalue weighted by molar-refractivity contribution is 7.89. The van der Waals surface area contributed by atoms with E-state index < -0.39 is 74.2 Å². The van der Waals surface area contributed by atoms with Gasteiger partial charge in [0.1, 0.15) is 11.9 Å². The zero-order valence-electron chi connectivity index (χ0n) is 23.6. The first-order valence-electron chi connectivity index (χ1n) is 14.3. The van der Waals surface area contributed by atoms with Gasteiger partial charge in [0.2, 0.25) is 21.7 Å². The van der Waals surface area contributed by atoms with E-state index in [9.17, 15) is 40.0 Å². The predicted molar refractivity (Wildman–Crippen MR) is 147 cm³/mol. The number of pyridine rings is 1. The fraction of sp³-hybridized carbons (Fsp3) is 0.367. The number of fused-ring (bicyclic) bond motifs is 1. The summed E-state index contributed by atoms with van der Waals surface area (Å²) in [5.41, 5.74) is 1.43. The van der Waals surface area contributed by atoms with Gasteiger partial charge >= 0.3 is 0 Å². The summed E-state index contributed by atoms with van der Waals surface area (Å²) < 4.78 is 113. The summed E-state index contributed by atoms with van der Waals surface area (Å²) in [5.74, 6) is -14.8. The van der Waals surface area contributed by atoms with Crippen molar-refractivity contribution >= 4 is 27.5 Å². The highest BCUT2D eigenvalue weighted by Gasteiger charge is 2.48. The molecule has 3 aliphatic rings. The number of anilines is 1. The number of nitrogens with one attached hydrogen (secondary N) is 1. The Morgan fingerprint density at radius 3 is 2.20 bits per heavy atom. The Labute approximate surface area is 254 Å². The maximum atomic E-state index is 15.5. The first kappa shape index (κ1) is 31.0. The third-order valence-electron chi connectivity index (χ3n) is 8.65. The Hall–Kier alpha value is -3.98. The van der Waals surface area contributed by atoms with Crippen LogP contribution in [-0.2, 0) is 27.9 Å². The van der Waals surface area contributed by atoms with E-state index in [-0.39, 0.29) is 30.8 Å². The van der Waals surface area contributed by atoms with Gasteiger partial charge in [-0.05, 0) is 54.5 Å². The van der Waals surface area contributed by atoms with Crippen molar-refractivity contribution in [2.24, 2.45) is 0 Å². The van der Waals surface area contributed by atoms with Crippen LogP contribution in [-0.4, -0.2) is 42.1 Å². The second-order valence-corrected chi connectivity index (χ2v) is 13.1. The molecule has 15 heteroatoms. The van der Waals surface area contributed by atoms with Crippen LogP contribution >= 0.6 is 0 Å². The van der Waals surface area contributed by atoms with Crippen LogP contribution in [0.25, 0.3) is 0 Å². The Kier molecular flexibility index (Phi) is 8.10. The smallest absolute Gasteiger partial charge is 0.252 e. The molecule has 2 aliphatic heterocycles. The molecule has 1 saturated heterocycles. The normalized spacial score (nSPS) is 18.8. The number of rotatable bonds is 7. The van der Waals surface area contributed by atoms with Crippen LogP contribution in [0.15, 0.2) is 35.4 Å². The number of sulfonamides is 1. The molecule has 3 heterocycles. The van der Waals surface area contributed by atoms with E-state index in [0.29, 0.717) is 21.5 Å². The van der Waals surface area contributed by atoms with E-state index in [2.05, 4.69) is 10.3 Å². The zero-order chi connectivity index (χ0) is 32.2. The zero-order valence-corrected chi connectivity index (χ0v) is 24.4. The highest BCUT2D eigenvalue weighted by Crippen LogP contribution is 2.37. The molecule has 6 rings (SSSR count). The fourth-order valence-electron chi connectivity index (χ4n) is 6.10. The minimum absolute atomic E-state index is 0.0436. The first-order valence-corrected chi connectivity index (χ1v) is 15.7. The molecule has 2 amide bonds. The van der Waals surface area contributed by atoms with Gasteiger partial charge in [0.05, 0.1) is 17.9 Å². The number of hydrogen-bond acceptors (Lipinski definition) is 5. The number of nitrogens with zero attached hydrogens (tertiary/aromatic N) is 3. The summed E-state index contributed by atoms with van der Waals surface area (Å²) in [6, 6.07) is 4.05. The van der Waals surface area contributed by atoms with Crippen LogP contribution in [0.3, 0.4) is 0 Å². The summed E-state index contributed by atoms with van der Waals surface area (Å²) in [7, 11) is -5.43. The maximum absolute atomic E-state index is 15.5. The van der Waals surface area contributed by atoms with Crippen LogP contribution in [0.1, 0.15) is 71.6 Å². The SMILES string of the molecule is O=C1NCc2cc(N(Cc3ccc(C4CCCCC4)cn3)C(=O)[C@H]3CCN3S(=O)(=O)c3c(F)c(F)c(F)c(F)c3F)c(F)cc21. The molecule has 45 heavy (non-hydrogen) atoms. The Balaban J connectivity index is 1.35. The summed E-state index contributed by atoms with van der Waals surface area (Å²) in [6.07, 6.45) is 6.83. The molecule has 1 N–H and O–H groups in total. The van der Waals surface area contributed by atoms with Crippen molar-refractivity contribution in [1.82, 2.24) is 14.6 Å². The quantitative estimate of drug-likeness (QED) is 0.215. The Bertz CT molecular complexity index is 1790. The second kappa shape index (κ2) is 11.7. The molecule has 1 aromatic heterocycles. The first-order chi connectivity index (χ1) is 21.4. The van der Waals surface area contributed by atoms with E-state index in [0.717, 1.165) is 48.6 Å². The number of carbonyl (C=O) groups is 2. The van der Waals surface area contributed by atoms with Gasteiger partial charge in [0, 0.05) is 24.8 Å². The number of benzene rings is 2. The van der Waals surface area contributed by atoms with Crippen molar-refractivity contribution in [3.63, 3.8) is 0 Å². The van der Waals surface area contributed by atoms with Crippen LogP contribution in [0.5, 0.6) is 0 Å². The lowest BCUT2D eigenvalue weighted by Crippen LogP contribution is -2.59. The average molecular weight is 653 g/mol. The summed E-state index contributed by atoms with van der Waals surface area (Å²) in [6.45, 7) is -0.790. The monoisotopic (exact) mass is 652 g/mol. The third-order valence-corrected chi connectivity index (χ3v) is 10.6. The molecule has 0 spiro atoms. The number of amides is 2. The van der Waals surface area contributed by atoms with Crippen molar-refractivity contribution in [2.45, 2.75) is 68.5 Å². The van der Waals surface area contributed by atoms with Gasteiger partial charge in [0.25, 0.3) is 5.91 Å². The molecular weight excluding hydrogens is 626 g/mol. The van der Waals surface area contributed by atoms with Gasteiger partial charge in [-0.25, -0.2) is 34.8 Å². The largest absolute Gasteiger partial charge is 0.348 e. The van der Waals surface area contributed by atoms with Gasteiger partial charge in [-0.2, -0.15) is 4.31 Å². The minimum Gasteiger partial charge on any atom is -0.348 e. The van der Waals surface area contributed by atoms with Crippen LogP contribution in [0, 0.1) is 34.9 Å². The van der Waals surface area contributed by atoms with Gasteiger partial charge in [-0.3, -0.25) is 14.6 Å². The summed E-state index contributed by atoms with van der Waals surface area (Å²) in [5, 5.41) is 2.54. The lowest BCUT2D eigenvalue weighted by molar-refractivity contribution is -0.125. The van der Waals surface area contributed by atoms with Crippen LogP contribution < -0.4 is 10.2 Å². The second-order valence-electron chi connectivity index (χ2n) is 11.3. The van der Waals surface area contributed by atoms with E-state index in [1.807, 2.05) is 6.07 Å². The highest BCUT2D eigenvalue weighted by atomic mass is 32.2. The minimum atomic E-state index is -5.43. The summed E-state index contributed by atoms with van der Waals surface area (Å²) in [4.78, 5) is 29.3. The van der Waals surface area contributed by atoms with Gasteiger partial charge in [-0.15, -0.1) is 0 Å². The van der Waals surface area contributed by atoms with Gasteiger partial charge in [0.15, 0.2) is 28.2 Å². The third kappa shape index (κ3) is 5.35. The summed E-state index contributed by atoms with van der Waals surface area (Å²) >= 11 is 0. The average Bonchev–Trinajstić information content (AvgIpc) is 3.36. The molecular formula is C30H26F6N4O4S. The lowest BCUT2D eigenvalue weighted by atomic mass is 9.85. The maximum Gasteiger partial charge on any atom is 0.252 e. The molecule has 0 bridgehead atoms. The van der Waals surface area contributed by atoms with E-state index >= 15 is 4.39 Å². The van der Waals surface area contributed by atoms with Crippen LogP contribution in [0.4, 0.5) is 32.0 Å². The van der Waals surface area contributed by atoms with Crippen molar-refractivity contribution in [1.29, 1.82) is 0 Å². The molecule has 3 aromatic rings. The van der Waals surface area contributed by atoms with Crippen LogP contribution in [0.2, 0.25) is 0 Å². The molecule has 2 aromatic carbocycles. The molecule has 1 saturated carbocycles. The molecule has 0 unspecified atom stereocenters. The molecule has 0 radical (unpaired) electrons. The van der Waals surface area contributed by atoms with E-state index in [4.69, 9.17) is 0 Å². The fourth-order valence-corrected chi connectivity index (χ4v) is 7.84. The number of carbonyl (C=O) groups excluding carboxylic acids is 2. The standard InChI is InChI=1S/C30H26F6N4O4S/c31-20-11-19-17(13-38-29(19)41)10-22(20)39(14-18-7-6-16(12-37-18)15-4-2-1-3-5-15)30(42)21-8-9-40(21)45(43,44)28-26(35)24(33)23(32)25(34)27(28)36/h6-7,10-12,15,21H,1-5,8-9,13-14H2,(H,38,41)/t21-/m1/s1. The Morgan fingerprint density at radius 1 is 0.933 bits per heavy atom. The lowest BCUT2D eigenvalue weighted by Gasteiger charge is -2.41. The topological polar surface area (TPSA) is 99.7 Å². The van der Waals surface area contributed by atoms with E-state index in [1.165, 1.54) is 6.07 Å². The Morgan fingerprint density at radius 2 is 1.60 bits per heavy atom. The van der Waals surface area contributed by atoms with Gasteiger partial charge < -0.3 is 10.2 Å². The number of hydrogen-bond donors (Lipinski definition) is 1. The molecule has 8 nitrogen and oxygen atoms in total. The number of halogens is 6. The number of aromatic nitrogens is 1. The molecule has 2 fully saturated rings. The van der Waals surface area contributed by atoms with Crippen molar-refractivity contribution in [3.8, 4) is 0 Å². The molecule has 1 atom stereocenters.